The summed E-state index contributed by atoms with van der Waals surface area (Å²) in [6.07, 6.45) is 3.37. The van der Waals surface area contributed by atoms with Crippen molar-refractivity contribution in [3.63, 3.8) is 0 Å². The quantitative estimate of drug-likeness (QED) is 0.232. The highest BCUT2D eigenvalue weighted by Crippen LogP contribution is 2.36. The lowest BCUT2D eigenvalue weighted by Crippen LogP contribution is -2.61. The molecule has 0 spiro atoms. The number of nitrogens with two attached hydrogens (primary N) is 1. The number of ketones is 2. The summed E-state index contributed by atoms with van der Waals surface area (Å²) in [5.41, 5.74) is 5.27. The number of benzene rings is 1. The molecule has 11 nitrogen and oxygen atoms in total. The van der Waals surface area contributed by atoms with Crippen LogP contribution in [0.25, 0.3) is 0 Å². The Kier molecular flexibility index (Phi) is 14.8. The second kappa shape index (κ2) is 17.6. The molecule has 2 aliphatic rings. The number of urea groups is 1. The van der Waals surface area contributed by atoms with Crippen molar-refractivity contribution >= 4 is 35.3 Å². The van der Waals surface area contributed by atoms with Crippen LogP contribution in [0.5, 0.6) is 0 Å². The Labute approximate surface area is 286 Å². The first-order valence-corrected chi connectivity index (χ1v) is 17.3. The fourth-order valence-corrected chi connectivity index (χ4v) is 5.94. The number of hydrogen-bond donors (Lipinski definition) is 4. The van der Waals surface area contributed by atoms with Crippen molar-refractivity contribution in [1.29, 1.82) is 0 Å². The first-order chi connectivity index (χ1) is 22.2. The van der Waals surface area contributed by atoms with Gasteiger partial charge in [-0.15, -0.1) is 0 Å². The topological polar surface area (TPSA) is 168 Å². The molecule has 0 bridgehead atoms. The highest BCUT2D eigenvalue weighted by Gasteiger charge is 2.49. The third-order valence-electron chi connectivity index (χ3n) is 9.39. The summed E-state index contributed by atoms with van der Waals surface area (Å²) >= 11 is 0. The lowest BCUT2D eigenvalue weighted by Gasteiger charge is -2.36. The SMILES string of the molecule is CC(NC(=O)[C@@H]1C(C)C(C(C)C)CN1C(=O)C(NC(=O)NC(CC(=O)Cc1ccccc1)C(C)C)C(C)(C)C)C(=O)C(N)=O.CC1CC1. The Hall–Kier alpha value is -3.76. The second-order valence-corrected chi connectivity index (χ2v) is 15.5. The number of hydrogen-bond acceptors (Lipinski definition) is 6. The fraction of sp³-hybridized carbons (Fsp3) is 0.676. The van der Waals surface area contributed by atoms with Crippen LogP contribution in [-0.2, 0) is 30.4 Å². The summed E-state index contributed by atoms with van der Waals surface area (Å²) in [6.45, 7) is 19.1. The van der Waals surface area contributed by atoms with Crippen LogP contribution < -0.4 is 21.7 Å². The Morgan fingerprint density at radius 1 is 0.896 bits per heavy atom. The van der Waals surface area contributed by atoms with Gasteiger partial charge in [0.1, 0.15) is 17.9 Å². The first-order valence-electron chi connectivity index (χ1n) is 17.3. The number of carbonyl (C=O) groups is 6. The summed E-state index contributed by atoms with van der Waals surface area (Å²) in [5, 5.41) is 8.29. The van der Waals surface area contributed by atoms with Gasteiger partial charge >= 0.3 is 6.03 Å². The van der Waals surface area contributed by atoms with Gasteiger partial charge in [0, 0.05) is 25.4 Å². The van der Waals surface area contributed by atoms with Crippen molar-refractivity contribution < 1.29 is 28.8 Å². The molecule has 2 fully saturated rings. The normalized spacial score (nSPS) is 21.0. The molecular weight excluding hydrogens is 610 g/mol. The fourth-order valence-electron chi connectivity index (χ4n) is 5.94. The zero-order valence-corrected chi connectivity index (χ0v) is 30.6. The molecule has 1 saturated heterocycles. The minimum absolute atomic E-state index is 0.0117. The van der Waals surface area contributed by atoms with Gasteiger partial charge in [-0.25, -0.2) is 4.79 Å². The number of nitrogens with zero attached hydrogens (tertiary/aromatic N) is 1. The molecule has 11 heteroatoms. The van der Waals surface area contributed by atoms with Crippen LogP contribution >= 0.6 is 0 Å². The Morgan fingerprint density at radius 2 is 1.46 bits per heavy atom. The van der Waals surface area contributed by atoms with E-state index in [1.807, 2.05) is 85.7 Å². The summed E-state index contributed by atoms with van der Waals surface area (Å²) in [4.78, 5) is 78.8. The third kappa shape index (κ3) is 12.0. The lowest BCUT2D eigenvalue weighted by atomic mass is 9.84. The van der Waals surface area contributed by atoms with Crippen LogP contribution in [0.3, 0.4) is 0 Å². The molecule has 6 atom stereocenters. The number of likely N-dealkylation sites (tertiary alicyclic amines) is 1. The first kappa shape index (κ1) is 40.4. The van der Waals surface area contributed by atoms with E-state index < -0.39 is 59.1 Å². The van der Waals surface area contributed by atoms with Crippen LogP contribution in [0.15, 0.2) is 30.3 Å². The van der Waals surface area contributed by atoms with E-state index in [1.165, 1.54) is 24.7 Å². The largest absolute Gasteiger partial charge is 0.363 e. The van der Waals surface area contributed by atoms with E-state index in [4.69, 9.17) is 5.73 Å². The molecule has 1 aromatic rings. The minimum atomic E-state index is -1.16. The standard InChI is InChI=1S/C33H51N5O6.C4H8/c1-18(2)24-17-38(26(20(24)5)30(42)35-21(6)27(40)29(34)41)31(43)28(33(7,8)9)37-32(44)36-25(19(3)4)16-23(39)15-22-13-11-10-12-14-22;1-4-2-3-4/h10-14,18-21,24-26,28H,15-17H2,1-9H3,(H2,34,41)(H,35,42)(H2,36,37,44);4H,2-3H2,1H3/t20?,21?,24?,25?,26-,28?;/m0./s1. The average Bonchev–Trinajstić information content (AvgIpc) is 3.69. The second-order valence-electron chi connectivity index (χ2n) is 15.5. The van der Waals surface area contributed by atoms with Crippen molar-refractivity contribution in [3.8, 4) is 0 Å². The minimum Gasteiger partial charge on any atom is -0.363 e. The predicted molar refractivity (Wildman–Crippen MR) is 187 cm³/mol. The molecule has 1 aromatic carbocycles. The van der Waals surface area contributed by atoms with Crippen molar-refractivity contribution in [2.45, 2.75) is 119 Å². The number of Topliss-reactive ketones (excluding diaryl/α,β-unsaturated/α-hetero) is 2. The number of nitrogens with one attached hydrogen (secondary N) is 3. The van der Waals surface area contributed by atoms with Crippen molar-refractivity contribution in [2.75, 3.05) is 6.54 Å². The monoisotopic (exact) mass is 669 g/mol. The van der Waals surface area contributed by atoms with E-state index >= 15 is 0 Å². The van der Waals surface area contributed by atoms with Gasteiger partial charge in [-0.2, -0.15) is 0 Å². The van der Waals surface area contributed by atoms with Gasteiger partial charge in [0.25, 0.3) is 5.91 Å². The molecule has 5 amide bonds. The Morgan fingerprint density at radius 3 is 1.92 bits per heavy atom. The van der Waals surface area contributed by atoms with Crippen molar-refractivity contribution in [3.05, 3.63) is 35.9 Å². The van der Waals surface area contributed by atoms with Gasteiger partial charge in [0.05, 0.1) is 6.04 Å². The Balaban J connectivity index is 0.00000185. The number of rotatable bonds is 13. The molecule has 5 unspecified atom stereocenters. The summed E-state index contributed by atoms with van der Waals surface area (Å²) in [7, 11) is 0. The van der Waals surface area contributed by atoms with E-state index in [0.717, 1.165) is 11.5 Å². The maximum atomic E-state index is 14.2. The molecule has 1 saturated carbocycles. The van der Waals surface area contributed by atoms with E-state index in [9.17, 15) is 28.8 Å². The molecule has 0 aromatic heterocycles. The van der Waals surface area contributed by atoms with Crippen molar-refractivity contribution in [1.82, 2.24) is 20.9 Å². The van der Waals surface area contributed by atoms with Crippen LogP contribution in [0.4, 0.5) is 4.79 Å². The average molecular weight is 670 g/mol. The molecule has 0 radical (unpaired) electrons. The maximum absolute atomic E-state index is 14.2. The molecule has 3 rings (SSSR count). The molecule has 1 heterocycles. The molecule has 48 heavy (non-hydrogen) atoms. The maximum Gasteiger partial charge on any atom is 0.315 e. The van der Waals surface area contributed by atoms with Gasteiger partial charge in [-0.1, -0.05) is 105 Å². The lowest BCUT2D eigenvalue weighted by molar-refractivity contribution is -0.144. The molecular formula is C37H59N5O6. The summed E-state index contributed by atoms with van der Waals surface area (Å²) in [6, 6.07) is 5.28. The number of primary amides is 1. The molecule has 268 valence electrons. The van der Waals surface area contributed by atoms with Crippen LogP contribution in [0.1, 0.15) is 94.1 Å². The predicted octanol–water partition coefficient (Wildman–Crippen LogP) is 4.02. The highest BCUT2D eigenvalue weighted by molar-refractivity contribution is 6.37. The molecule has 1 aliphatic heterocycles. The summed E-state index contributed by atoms with van der Waals surface area (Å²) < 4.78 is 0. The third-order valence-corrected chi connectivity index (χ3v) is 9.39. The molecule has 5 N–H and O–H groups in total. The van der Waals surface area contributed by atoms with Gasteiger partial charge in [0.2, 0.25) is 17.6 Å². The van der Waals surface area contributed by atoms with Gasteiger partial charge < -0.3 is 26.6 Å². The number of amides is 5. The highest BCUT2D eigenvalue weighted by atomic mass is 16.2. The van der Waals surface area contributed by atoms with E-state index in [-0.39, 0.29) is 48.8 Å². The van der Waals surface area contributed by atoms with Crippen LogP contribution in [0.2, 0.25) is 0 Å². The summed E-state index contributed by atoms with van der Waals surface area (Å²) in [5.74, 6) is -2.20. The van der Waals surface area contributed by atoms with E-state index in [2.05, 4.69) is 22.9 Å². The van der Waals surface area contributed by atoms with Crippen LogP contribution in [0, 0.1) is 35.0 Å². The van der Waals surface area contributed by atoms with E-state index in [1.54, 1.807) is 0 Å². The van der Waals surface area contributed by atoms with Crippen LogP contribution in [-0.4, -0.2) is 70.9 Å². The zero-order chi connectivity index (χ0) is 36.5. The zero-order valence-electron chi connectivity index (χ0n) is 30.6. The van der Waals surface area contributed by atoms with Gasteiger partial charge in [0.15, 0.2) is 0 Å². The number of carbonyl (C=O) groups excluding carboxylic acids is 6. The van der Waals surface area contributed by atoms with E-state index in [0.29, 0.717) is 0 Å². The molecule has 1 aliphatic carbocycles. The van der Waals surface area contributed by atoms with Crippen molar-refractivity contribution in [2.24, 2.45) is 40.7 Å². The smallest absolute Gasteiger partial charge is 0.315 e. The van der Waals surface area contributed by atoms with Gasteiger partial charge in [-0.3, -0.25) is 24.0 Å². The Bertz CT molecular complexity index is 1290. The van der Waals surface area contributed by atoms with Gasteiger partial charge in [-0.05, 0) is 47.5 Å².